The molecule has 8 heteroatoms. The molecule has 0 aliphatic heterocycles. The van der Waals surface area contributed by atoms with Crippen LogP contribution in [0.3, 0.4) is 0 Å². The summed E-state index contributed by atoms with van der Waals surface area (Å²) in [6, 6.07) is 9.58. The first kappa shape index (κ1) is 20.2. The lowest BCUT2D eigenvalue weighted by molar-refractivity contribution is 0.0211. The van der Waals surface area contributed by atoms with Crippen LogP contribution in [0.15, 0.2) is 42.5 Å². The van der Waals surface area contributed by atoms with Crippen LogP contribution in [0.5, 0.6) is 11.5 Å². The number of rotatable bonds is 5. The van der Waals surface area contributed by atoms with Gasteiger partial charge in [-0.3, -0.25) is 5.32 Å². The van der Waals surface area contributed by atoms with Gasteiger partial charge in [0.25, 0.3) is 0 Å². The molecule has 1 amide bonds. The molecule has 0 aromatic heterocycles. The van der Waals surface area contributed by atoms with Gasteiger partial charge in [-0.15, -0.1) is 0 Å². The molecule has 2 aromatic rings. The number of anilines is 1. The average Bonchev–Trinajstić information content (AvgIpc) is 2.69. The summed E-state index contributed by atoms with van der Waals surface area (Å²) in [6.07, 6.45) is 4.21. The van der Waals surface area contributed by atoms with Crippen molar-refractivity contribution in [3.05, 3.63) is 53.6 Å². The molecule has 0 unspecified atom stereocenters. The summed E-state index contributed by atoms with van der Waals surface area (Å²) in [5.41, 5.74) is 0.266. The quantitative estimate of drug-likeness (QED) is 0.644. The summed E-state index contributed by atoms with van der Waals surface area (Å²) >= 11 is 0. The molecule has 3 N–H and O–H groups in total. The highest BCUT2D eigenvalue weighted by molar-refractivity contribution is 5.93. The fourth-order valence-electron chi connectivity index (χ4n) is 3.10. The Bertz CT molecular complexity index is 902. The second kappa shape index (κ2) is 9.09. The van der Waals surface area contributed by atoms with Crippen molar-refractivity contribution in [1.82, 2.24) is 0 Å². The Morgan fingerprint density at radius 2 is 1.66 bits per heavy atom. The Morgan fingerprint density at radius 1 is 0.966 bits per heavy atom. The van der Waals surface area contributed by atoms with Crippen LogP contribution in [-0.4, -0.2) is 34.3 Å². The summed E-state index contributed by atoms with van der Waals surface area (Å²) in [5, 5.41) is 20.9. The molecule has 0 radical (unpaired) electrons. The molecule has 0 heterocycles. The molecule has 29 heavy (non-hydrogen) atoms. The normalized spacial score (nSPS) is 14.1. The highest BCUT2D eigenvalue weighted by Gasteiger charge is 2.19. The van der Waals surface area contributed by atoms with E-state index in [0.717, 1.165) is 31.7 Å². The first-order valence-electron chi connectivity index (χ1n) is 9.28. The first-order valence-corrected chi connectivity index (χ1v) is 9.28. The number of carboxylic acids is 1. The van der Waals surface area contributed by atoms with E-state index in [0.29, 0.717) is 5.56 Å². The van der Waals surface area contributed by atoms with Gasteiger partial charge in [-0.25, -0.2) is 14.4 Å². The first-order chi connectivity index (χ1) is 13.9. The maximum absolute atomic E-state index is 12.2. The molecule has 1 saturated carbocycles. The Labute approximate surface area is 167 Å². The molecule has 1 aliphatic rings. The average molecular weight is 399 g/mol. The number of esters is 1. The SMILES string of the molecule is O=C(Nc1ccc(C(=O)O)c(O)c1)Oc1ccc(C(=O)OC2CCCCC2)cc1. The number of carboxylic acid groups (broad SMARTS) is 1. The van der Waals surface area contributed by atoms with Crippen molar-refractivity contribution in [2.45, 2.75) is 38.2 Å². The largest absolute Gasteiger partial charge is 0.507 e. The van der Waals surface area contributed by atoms with Crippen LogP contribution >= 0.6 is 0 Å². The number of carbonyl (C=O) groups is 3. The van der Waals surface area contributed by atoms with Crippen LogP contribution in [0, 0.1) is 0 Å². The van der Waals surface area contributed by atoms with Crippen molar-refractivity contribution in [2.75, 3.05) is 5.32 Å². The Kier molecular flexibility index (Phi) is 6.33. The van der Waals surface area contributed by atoms with Gasteiger partial charge in [0.1, 0.15) is 23.2 Å². The number of nitrogens with one attached hydrogen (secondary N) is 1. The van der Waals surface area contributed by atoms with Crippen LogP contribution in [0.4, 0.5) is 10.5 Å². The second-order valence-corrected chi connectivity index (χ2v) is 6.74. The minimum atomic E-state index is -1.28. The lowest BCUT2D eigenvalue weighted by atomic mass is 9.98. The molecule has 0 atom stereocenters. The molecule has 3 rings (SSSR count). The lowest BCUT2D eigenvalue weighted by Crippen LogP contribution is -2.21. The van der Waals surface area contributed by atoms with E-state index in [2.05, 4.69) is 5.32 Å². The third-order valence-corrected chi connectivity index (χ3v) is 4.60. The Morgan fingerprint density at radius 3 is 2.28 bits per heavy atom. The van der Waals surface area contributed by atoms with E-state index in [4.69, 9.17) is 14.6 Å². The maximum atomic E-state index is 12.2. The van der Waals surface area contributed by atoms with Gasteiger partial charge in [0.15, 0.2) is 0 Å². The zero-order chi connectivity index (χ0) is 20.8. The van der Waals surface area contributed by atoms with E-state index in [1.54, 1.807) is 0 Å². The molecule has 8 nitrogen and oxygen atoms in total. The maximum Gasteiger partial charge on any atom is 0.417 e. The van der Waals surface area contributed by atoms with Gasteiger partial charge in [-0.2, -0.15) is 0 Å². The highest BCUT2D eigenvalue weighted by Crippen LogP contribution is 2.23. The smallest absolute Gasteiger partial charge is 0.417 e. The molecule has 0 bridgehead atoms. The van der Waals surface area contributed by atoms with E-state index in [1.165, 1.54) is 42.8 Å². The van der Waals surface area contributed by atoms with E-state index in [1.807, 2.05) is 0 Å². The van der Waals surface area contributed by atoms with Crippen LogP contribution in [0.1, 0.15) is 52.8 Å². The van der Waals surface area contributed by atoms with Gasteiger partial charge in [0, 0.05) is 11.8 Å². The molecule has 152 valence electrons. The monoisotopic (exact) mass is 399 g/mol. The Hall–Kier alpha value is -3.55. The molecule has 1 aliphatic carbocycles. The summed E-state index contributed by atoms with van der Waals surface area (Å²) < 4.78 is 10.6. The van der Waals surface area contributed by atoms with E-state index < -0.39 is 23.8 Å². The number of benzene rings is 2. The summed E-state index contributed by atoms with van der Waals surface area (Å²) in [4.78, 5) is 35.0. The van der Waals surface area contributed by atoms with Crippen LogP contribution in [-0.2, 0) is 4.74 Å². The fraction of sp³-hybridized carbons (Fsp3) is 0.286. The number of hydrogen-bond acceptors (Lipinski definition) is 6. The number of carbonyl (C=O) groups excluding carboxylic acids is 2. The summed E-state index contributed by atoms with van der Waals surface area (Å²) in [5.74, 6) is -1.94. The zero-order valence-corrected chi connectivity index (χ0v) is 15.6. The van der Waals surface area contributed by atoms with Gasteiger partial charge in [-0.1, -0.05) is 6.42 Å². The number of amides is 1. The van der Waals surface area contributed by atoms with Crippen molar-refractivity contribution in [1.29, 1.82) is 0 Å². The highest BCUT2D eigenvalue weighted by atomic mass is 16.6. The zero-order valence-electron chi connectivity index (χ0n) is 15.6. The molecular weight excluding hydrogens is 378 g/mol. The van der Waals surface area contributed by atoms with Gasteiger partial charge in [0.2, 0.25) is 0 Å². The minimum absolute atomic E-state index is 0.0399. The number of phenols is 1. The van der Waals surface area contributed by atoms with Crippen LogP contribution in [0.2, 0.25) is 0 Å². The molecule has 0 saturated heterocycles. The van der Waals surface area contributed by atoms with Gasteiger partial charge < -0.3 is 19.7 Å². The predicted octanol–water partition coefficient (Wildman–Crippen LogP) is 4.19. The van der Waals surface area contributed by atoms with Crippen molar-refractivity contribution in [2.24, 2.45) is 0 Å². The summed E-state index contributed by atoms with van der Waals surface area (Å²) in [6.45, 7) is 0. The Balaban J connectivity index is 1.55. The minimum Gasteiger partial charge on any atom is -0.507 e. The van der Waals surface area contributed by atoms with Gasteiger partial charge in [0.05, 0.1) is 5.56 Å². The van der Waals surface area contributed by atoms with Gasteiger partial charge in [-0.05, 0) is 62.1 Å². The predicted molar refractivity (Wildman–Crippen MR) is 103 cm³/mol. The molecule has 0 spiro atoms. The van der Waals surface area contributed by atoms with Crippen molar-refractivity contribution in [3.63, 3.8) is 0 Å². The van der Waals surface area contributed by atoms with Crippen molar-refractivity contribution >= 4 is 23.7 Å². The lowest BCUT2D eigenvalue weighted by Gasteiger charge is -2.21. The summed E-state index contributed by atoms with van der Waals surface area (Å²) in [7, 11) is 0. The molecular formula is C21H21NO7. The van der Waals surface area contributed by atoms with E-state index in [-0.39, 0.29) is 23.1 Å². The topological polar surface area (TPSA) is 122 Å². The second-order valence-electron chi connectivity index (χ2n) is 6.74. The fourth-order valence-corrected chi connectivity index (χ4v) is 3.10. The number of hydrogen-bond donors (Lipinski definition) is 3. The van der Waals surface area contributed by atoms with Crippen LogP contribution < -0.4 is 10.1 Å². The molecule has 2 aromatic carbocycles. The third-order valence-electron chi connectivity index (χ3n) is 4.60. The standard InChI is InChI=1S/C21H21NO7/c23-18-12-14(8-11-17(18)19(24)25)22-21(27)29-16-9-6-13(7-10-16)20(26)28-15-4-2-1-3-5-15/h6-12,15,23H,1-5H2,(H,22,27)(H,24,25). The van der Waals surface area contributed by atoms with Crippen molar-refractivity contribution < 1.29 is 34.1 Å². The molecule has 1 fully saturated rings. The number of aromatic hydroxyl groups is 1. The van der Waals surface area contributed by atoms with Crippen molar-refractivity contribution in [3.8, 4) is 11.5 Å². The van der Waals surface area contributed by atoms with Gasteiger partial charge >= 0.3 is 18.0 Å². The third kappa shape index (κ3) is 5.47. The number of ether oxygens (including phenoxy) is 2. The van der Waals surface area contributed by atoms with E-state index >= 15 is 0 Å². The number of aromatic carboxylic acids is 1. The van der Waals surface area contributed by atoms with E-state index in [9.17, 15) is 19.5 Å². The van der Waals surface area contributed by atoms with Crippen LogP contribution in [0.25, 0.3) is 0 Å².